The monoisotopic (exact) mass is 342 g/mol. The summed E-state index contributed by atoms with van der Waals surface area (Å²) in [5, 5.41) is 8.73. The van der Waals surface area contributed by atoms with Gasteiger partial charge in [0.05, 0.1) is 18.1 Å². The minimum absolute atomic E-state index is 0.117. The van der Waals surface area contributed by atoms with E-state index in [1.807, 2.05) is 6.07 Å². The van der Waals surface area contributed by atoms with E-state index in [9.17, 15) is 4.79 Å². The number of carbonyl (C=O) groups excluding carboxylic acids is 1. The van der Waals surface area contributed by atoms with Crippen LogP contribution >= 0.6 is 0 Å². The molecule has 0 N–H and O–H groups in total. The first-order chi connectivity index (χ1) is 11.9. The average molecular weight is 342 g/mol. The minimum Gasteiger partial charge on any atom is -0.376 e. The van der Waals surface area contributed by atoms with E-state index in [-0.39, 0.29) is 11.5 Å². The molecule has 0 aliphatic carbocycles. The van der Waals surface area contributed by atoms with Crippen LogP contribution in [0, 0.1) is 23.2 Å². The summed E-state index contributed by atoms with van der Waals surface area (Å²) in [6.45, 7) is 5.55. The number of benzene rings is 1. The van der Waals surface area contributed by atoms with Gasteiger partial charge in [-0.1, -0.05) is 30.3 Å². The SMILES string of the molecule is CN(CCC#N)C(=O)C[C@H](Cc1ccccc1)[C@@H]1CCOC(C)(C)C1. The topological polar surface area (TPSA) is 53.3 Å². The molecule has 0 radical (unpaired) electrons. The summed E-state index contributed by atoms with van der Waals surface area (Å²) < 4.78 is 5.87. The maximum absolute atomic E-state index is 12.6. The lowest BCUT2D eigenvalue weighted by molar-refractivity contribution is -0.133. The van der Waals surface area contributed by atoms with E-state index >= 15 is 0 Å². The molecule has 4 heteroatoms. The van der Waals surface area contributed by atoms with Crippen LogP contribution in [0.2, 0.25) is 0 Å². The van der Waals surface area contributed by atoms with Crippen molar-refractivity contribution in [1.82, 2.24) is 4.90 Å². The van der Waals surface area contributed by atoms with Crippen molar-refractivity contribution in [3.8, 4) is 6.07 Å². The van der Waals surface area contributed by atoms with E-state index in [0.29, 0.717) is 31.2 Å². The third-order valence-corrected chi connectivity index (χ3v) is 5.16. The van der Waals surface area contributed by atoms with E-state index in [1.54, 1.807) is 11.9 Å². The molecule has 2 atom stereocenters. The molecule has 1 fully saturated rings. The number of hydrogen-bond acceptors (Lipinski definition) is 3. The zero-order chi connectivity index (χ0) is 18.3. The van der Waals surface area contributed by atoms with Gasteiger partial charge in [0.1, 0.15) is 0 Å². The van der Waals surface area contributed by atoms with E-state index < -0.39 is 0 Å². The minimum atomic E-state index is -0.117. The first-order valence-corrected chi connectivity index (χ1v) is 9.20. The molecule has 1 aromatic carbocycles. The molecule has 1 heterocycles. The Labute approximate surface area is 151 Å². The first kappa shape index (κ1) is 19.5. The summed E-state index contributed by atoms with van der Waals surface area (Å²) in [7, 11) is 1.80. The summed E-state index contributed by atoms with van der Waals surface area (Å²) in [6, 6.07) is 12.5. The molecule has 1 amide bonds. The van der Waals surface area contributed by atoms with Gasteiger partial charge in [-0.25, -0.2) is 0 Å². The van der Waals surface area contributed by atoms with Gasteiger partial charge in [0.2, 0.25) is 5.91 Å². The zero-order valence-corrected chi connectivity index (χ0v) is 15.7. The summed E-state index contributed by atoms with van der Waals surface area (Å²) in [4.78, 5) is 14.3. The highest BCUT2D eigenvalue weighted by molar-refractivity contribution is 5.76. The van der Waals surface area contributed by atoms with Crippen LogP contribution in [0.4, 0.5) is 0 Å². The Bertz CT molecular complexity index is 592. The first-order valence-electron chi connectivity index (χ1n) is 9.20. The molecule has 1 aromatic rings. The lowest BCUT2D eigenvalue weighted by Gasteiger charge is -2.39. The van der Waals surface area contributed by atoms with Crippen LogP contribution in [-0.2, 0) is 16.0 Å². The fourth-order valence-electron chi connectivity index (χ4n) is 3.73. The van der Waals surface area contributed by atoms with Crippen molar-refractivity contribution in [3.63, 3.8) is 0 Å². The van der Waals surface area contributed by atoms with Crippen LogP contribution < -0.4 is 0 Å². The van der Waals surface area contributed by atoms with Gasteiger partial charge in [-0.2, -0.15) is 5.26 Å². The van der Waals surface area contributed by atoms with Gasteiger partial charge in [-0.15, -0.1) is 0 Å². The second-order valence-corrected chi connectivity index (χ2v) is 7.74. The van der Waals surface area contributed by atoms with Crippen molar-refractivity contribution in [3.05, 3.63) is 35.9 Å². The molecule has 2 rings (SSSR count). The van der Waals surface area contributed by atoms with E-state index in [2.05, 4.69) is 44.2 Å². The molecule has 0 spiro atoms. The molecule has 1 aliphatic heterocycles. The Morgan fingerprint density at radius 2 is 2.12 bits per heavy atom. The zero-order valence-electron chi connectivity index (χ0n) is 15.7. The number of nitrogens with zero attached hydrogens (tertiary/aromatic N) is 2. The van der Waals surface area contributed by atoms with Crippen LogP contribution in [0.5, 0.6) is 0 Å². The normalized spacial score (nSPS) is 20.5. The van der Waals surface area contributed by atoms with Gasteiger partial charge in [0, 0.05) is 26.6 Å². The fourth-order valence-corrected chi connectivity index (χ4v) is 3.73. The maximum Gasteiger partial charge on any atom is 0.222 e. The third-order valence-electron chi connectivity index (χ3n) is 5.16. The van der Waals surface area contributed by atoms with Crippen molar-refractivity contribution in [2.24, 2.45) is 11.8 Å². The number of hydrogen-bond donors (Lipinski definition) is 0. The van der Waals surface area contributed by atoms with Crippen LogP contribution in [0.1, 0.15) is 45.1 Å². The molecule has 1 saturated heterocycles. The van der Waals surface area contributed by atoms with Gasteiger partial charge < -0.3 is 9.64 Å². The summed E-state index contributed by atoms with van der Waals surface area (Å²) in [5.74, 6) is 0.931. The second kappa shape index (κ2) is 9.01. The number of carbonyl (C=O) groups is 1. The van der Waals surface area contributed by atoms with Gasteiger partial charge in [0.25, 0.3) is 0 Å². The van der Waals surface area contributed by atoms with E-state index in [4.69, 9.17) is 10.00 Å². The van der Waals surface area contributed by atoms with Crippen molar-refractivity contribution < 1.29 is 9.53 Å². The Hall–Kier alpha value is -1.86. The number of rotatable bonds is 7. The Balaban J connectivity index is 2.08. The van der Waals surface area contributed by atoms with Crippen molar-refractivity contribution in [1.29, 1.82) is 5.26 Å². The Kier molecular flexibility index (Phi) is 7.01. The van der Waals surface area contributed by atoms with E-state index in [1.165, 1.54) is 5.56 Å². The highest BCUT2D eigenvalue weighted by atomic mass is 16.5. The number of amides is 1. The van der Waals surface area contributed by atoms with Crippen LogP contribution in [0.15, 0.2) is 30.3 Å². The van der Waals surface area contributed by atoms with Crippen LogP contribution in [0.25, 0.3) is 0 Å². The summed E-state index contributed by atoms with van der Waals surface area (Å²) >= 11 is 0. The highest BCUT2D eigenvalue weighted by Gasteiger charge is 2.34. The molecule has 0 aromatic heterocycles. The Morgan fingerprint density at radius 1 is 1.40 bits per heavy atom. The smallest absolute Gasteiger partial charge is 0.222 e. The largest absolute Gasteiger partial charge is 0.376 e. The molecule has 136 valence electrons. The van der Waals surface area contributed by atoms with Crippen molar-refractivity contribution in [2.45, 2.75) is 51.6 Å². The van der Waals surface area contributed by atoms with Crippen molar-refractivity contribution in [2.75, 3.05) is 20.2 Å². The second-order valence-electron chi connectivity index (χ2n) is 7.74. The fraction of sp³-hybridized carbons (Fsp3) is 0.619. The van der Waals surface area contributed by atoms with Crippen molar-refractivity contribution >= 4 is 5.91 Å². The molecule has 0 bridgehead atoms. The summed E-state index contributed by atoms with van der Waals surface area (Å²) in [5.41, 5.74) is 1.16. The molecule has 1 aliphatic rings. The van der Waals surface area contributed by atoms with E-state index in [0.717, 1.165) is 25.9 Å². The highest BCUT2D eigenvalue weighted by Crippen LogP contribution is 2.36. The quantitative estimate of drug-likeness (QED) is 0.757. The molecule has 4 nitrogen and oxygen atoms in total. The van der Waals surface area contributed by atoms with Gasteiger partial charge in [-0.3, -0.25) is 4.79 Å². The summed E-state index contributed by atoms with van der Waals surface area (Å²) in [6.07, 6.45) is 3.84. The predicted octanol–water partition coefficient (Wildman–Crippen LogP) is 3.81. The van der Waals surface area contributed by atoms with Gasteiger partial charge in [0.15, 0.2) is 0 Å². The molecule has 0 saturated carbocycles. The average Bonchev–Trinajstić information content (AvgIpc) is 2.59. The number of nitriles is 1. The van der Waals surface area contributed by atoms with Gasteiger partial charge >= 0.3 is 0 Å². The predicted molar refractivity (Wildman–Crippen MR) is 98.9 cm³/mol. The van der Waals surface area contributed by atoms with Gasteiger partial charge in [-0.05, 0) is 50.5 Å². The lowest BCUT2D eigenvalue weighted by atomic mass is 9.75. The molecular weight excluding hydrogens is 312 g/mol. The number of ether oxygens (including phenoxy) is 1. The molecular formula is C21H30N2O2. The molecule has 0 unspecified atom stereocenters. The Morgan fingerprint density at radius 3 is 2.76 bits per heavy atom. The molecule has 25 heavy (non-hydrogen) atoms. The van der Waals surface area contributed by atoms with Crippen LogP contribution in [0.3, 0.4) is 0 Å². The third kappa shape index (κ3) is 6.17. The van der Waals surface area contributed by atoms with Crippen LogP contribution in [-0.4, -0.2) is 36.6 Å². The lowest BCUT2D eigenvalue weighted by Crippen LogP contribution is -2.39. The maximum atomic E-state index is 12.6. The standard InChI is InChI=1S/C21H30N2O2/c1-21(2)16-18(10-13-25-21)19(14-17-8-5-4-6-9-17)15-20(24)23(3)12-7-11-22/h4-6,8-9,18-19H,7,10,12-16H2,1-3H3/t18-,19+/m1/s1.